The molecule has 4 heteroatoms. The average molecular weight is 219 g/mol. The van der Waals surface area contributed by atoms with Crippen molar-refractivity contribution >= 4 is 5.69 Å². The molecule has 2 aliphatic rings. The van der Waals surface area contributed by atoms with Gasteiger partial charge in [0.2, 0.25) is 0 Å². The summed E-state index contributed by atoms with van der Waals surface area (Å²) in [5, 5.41) is 3.45. The number of nitrogens with one attached hydrogen (secondary N) is 1. The van der Waals surface area contributed by atoms with Gasteiger partial charge in [-0.15, -0.1) is 0 Å². The molecular weight excluding hydrogens is 202 g/mol. The Morgan fingerprint density at radius 3 is 3.25 bits per heavy atom. The molecule has 16 heavy (non-hydrogen) atoms. The normalized spacial score (nSPS) is 28.2. The van der Waals surface area contributed by atoms with Gasteiger partial charge in [-0.25, -0.2) is 0 Å². The lowest BCUT2D eigenvalue weighted by atomic mass is 9.83. The van der Waals surface area contributed by atoms with E-state index in [-0.39, 0.29) is 0 Å². The summed E-state index contributed by atoms with van der Waals surface area (Å²) in [5.41, 5.74) is 1.18. The van der Waals surface area contributed by atoms with Crippen molar-refractivity contribution in [2.45, 2.75) is 12.5 Å². The van der Waals surface area contributed by atoms with E-state index >= 15 is 0 Å². The summed E-state index contributed by atoms with van der Waals surface area (Å²) < 4.78 is 5.20. The molecule has 1 N–H and O–H groups in total. The molecule has 4 nitrogen and oxygen atoms in total. The van der Waals surface area contributed by atoms with E-state index < -0.39 is 0 Å². The third-order valence-corrected chi connectivity index (χ3v) is 3.69. The zero-order chi connectivity index (χ0) is 11.0. The van der Waals surface area contributed by atoms with E-state index in [4.69, 9.17) is 4.74 Å². The Bertz CT molecular complexity index is 382. The topological polar surface area (TPSA) is 37.4 Å². The van der Waals surface area contributed by atoms with Gasteiger partial charge in [0, 0.05) is 25.2 Å². The summed E-state index contributed by atoms with van der Waals surface area (Å²) in [5.74, 6) is 1.71. The molecule has 2 saturated heterocycles. The van der Waals surface area contributed by atoms with Crippen molar-refractivity contribution in [1.29, 1.82) is 0 Å². The largest absolute Gasteiger partial charge is 0.495 e. The van der Waals surface area contributed by atoms with Gasteiger partial charge in [-0.2, -0.15) is 0 Å². The van der Waals surface area contributed by atoms with E-state index in [2.05, 4.69) is 21.3 Å². The minimum absolute atomic E-state index is 0.655. The second kappa shape index (κ2) is 3.94. The first kappa shape index (κ1) is 9.90. The molecule has 0 radical (unpaired) electrons. The Labute approximate surface area is 95.6 Å². The summed E-state index contributed by atoms with van der Waals surface area (Å²) >= 11 is 0. The SMILES string of the molecule is COc1cncc(N2C[C@@H]3CCNCC32)c1. The van der Waals surface area contributed by atoms with Gasteiger partial charge in [-0.1, -0.05) is 0 Å². The monoisotopic (exact) mass is 219 g/mol. The summed E-state index contributed by atoms with van der Waals surface area (Å²) in [6.07, 6.45) is 4.98. The van der Waals surface area contributed by atoms with Gasteiger partial charge >= 0.3 is 0 Å². The molecule has 1 aromatic rings. The van der Waals surface area contributed by atoms with E-state index in [0.717, 1.165) is 18.2 Å². The number of rotatable bonds is 2. The fourth-order valence-electron chi connectivity index (χ4n) is 2.70. The highest BCUT2D eigenvalue weighted by molar-refractivity contribution is 5.52. The smallest absolute Gasteiger partial charge is 0.139 e. The van der Waals surface area contributed by atoms with Gasteiger partial charge < -0.3 is 15.0 Å². The molecule has 2 fully saturated rings. The lowest BCUT2D eigenvalue weighted by Crippen LogP contribution is -2.63. The maximum absolute atomic E-state index is 5.20. The van der Waals surface area contributed by atoms with Crippen LogP contribution in [-0.2, 0) is 0 Å². The fraction of sp³-hybridized carbons (Fsp3) is 0.583. The van der Waals surface area contributed by atoms with E-state index in [1.807, 2.05) is 6.20 Å². The molecule has 0 saturated carbocycles. The Balaban J connectivity index is 1.77. The molecule has 3 rings (SSSR count). The molecule has 86 valence electrons. The molecule has 0 amide bonds. The Morgan fingerprint density at radius 1 is 1.50 bits per heavy atom. The maximum Gasteiger partial charge on any atom is 0.139 e. The number of hydrogen-bond acceptors (Lipinski definition) is 4. The Morgan fingerprint density at radius 2 is 2.44 bits per heavy atom. The second-order valence-corrected chi connectivity index (χ2v) is 4.56. The van der Waals surface area contributed by atoms with Crippen LogP contribution in [0.25, 0.3) is 0 Å². The Kier molecular flexibility index (Phi) is 2.44. The van der Waals surface area contributed by atoms with Crippen molar-refractivity contribution in [2.75, 3.05) is 31.6 Å². The predicted octanol–water partition coefficient (Wildman–Crippen LogP) is 0.888. The number of anilines is 1. The van der Waals surface area contributed by atoms with Crippen LogP contribution in [0.5, 0.6) is 5.75 Å². The summed E-state index contributed by atoms with van der Waals surface area (Å²) in [7, 11) is 1.68. The minimum Gasteiger partial charge on any atom is -0.495 e. The second-order valence-electron chi connectivity index (χ2n) is 4.56. The number of methoxy groups -OCH3 is 1. The third kappa shape index (κ3) is 1.53. The number of hydrogen-bond donors (Lipinski definition) is 1. The minimum atomic E-state index is 0.655. The third-order valence-electron chi connectivity index (χ3n) is 3.69. The first-order valence-electron chi connectivity index (χ1n) is 5.85. The molecular formula is C12H17N3O. The maximum atomic E-state index is 5.20. The molecule has 0 spiro atoms. The Hall–Kier alpha value is -1.29. The van der Waals surface area contributed by atoms with Crippen molar-refractivity contribution < 1.29 is 4.74 Å². The standard InChI is InChI=1S/C12H17N3O/c1-16-11-4-10(5-14-6-11)15-8-9-2-3-13-7-12(9)15/h4-6,9,12-13H,2-3,7-8H2,1H3/t9-,12?/m0/s1. The molecule has 2 aliphatic heterocycles. The van der Waals surface area contributed by atoms with Crippen molar-refractivity contribution in [3.05, 3.63) is 18.5 Å². The van der Waals surface area contributed by atoms with Crippen LogP contribution in [0.2, 0.25) is 0 Å². The summed E-state index contributed by atoms with van der Waals surface area (Å²) in [4.78, 5) is 6.63. The van der Waals surface area contributed by atoms with E-state index in [1.54, 1.807) is 13.3 Å². The zero-order valence-electron chi connectivity index (χ0n) is 9.52. The van der Waals surface area contributed by atoms with Crippen LogP contribution in [0.1, 0.15) is 6.42 Å². The van der Waals surface area contributed by atoms with Gasteiger partial charge in [0.15, 0.2) is 0 Å². The lowest BCUT2D eigenvalue weighted by molar-refractivity contribution is 0.229. The van der Waals surface area contributed by atoms with Crippen molar-refractivity contribution in [2.24, 2.45) is 5.92 Å². The van der Waals surface area contributed by atoms with Crippen LogP contribution in [0.4, 0.5) is 5.69 Å². The zero-order valence-corrected chi connectivity index (χ0v) is 9.52. The summed E-state index contributed by atoms with van der Waals surface area (Å²) in [6.45, 7) is 3.44. The van der Waals surface area contributed by atoms with Crippen LogP contribution in [0.15, 0.2) is 18.5 Å². The molecule has 1 aromatic heterocycles. The first-order chi connectivity index (χ1) is 7.88. The van der Waals surface area contributed by atoms with Gasteiger partial charge in [0.25, 0.3) is 0 Å². The van der Waals surface area contributed by atoms with Crippen LogP contribution in [0, 0.1) is 5.92 Å². The van der Waals surface area contributed by atoms with Crippen molar-refractivity contribution in [3.63, 3.8) is 0 Å². The van der Waals surface area contributed by atoms with Gasteiger partial charge in [-0.3, -0.25) is 4.98 Å². The van der Waals surface area contributed by atoms with Gasteiger partial charge in [-0.05, 0) is 18.9 Å². The summed E-state index contributed by atoms with van der Waals surface area (Å²) in [6, 6.07) is 2.72. The van der Waals surface area contributed by atoms with Gasteiger partial charge in [0.1, 0.15) is 5.75 Å². The van der Waals surface area contributed by atoms with Crippen LogP contribution >= 0.6 is 0 Å². The number of piperidine rings is 1. The fourth-order valence-corrected chi connectivity index (χ4v) is 2.70. The predicted molar refractivity (Wildman–Crippen MR) is 62.9 cm³/mol. The number of aromatic nitrogens is 1. The number of ether oxygens (including phenoxy) is 1. The van der Waals surface area contributed by atoms with Crippen LogP contribution in [0.3, 0.4) is 0 Å². The lowest BCUT2D eigenvalue weighted by Gasteiger charge is -2.52. The highest BCUT2D eigenvalue weighted by atomic mass is 16.5. The number of pyridine rings is 1. The van der Waals surface area contributed by atoms with Gasteiger partial charge in [0.05, 0.1) is 25.2 Å². The molecule has 0 aliphatic carbocycles. The molecule has 0 aromatic carbocycles. The van der Waals surface area contributed by atoms with Crippen molar-refractivity contribution in [3.8, 4) is 5.75 Å². The van der Waals surface area contributed by atoms with Crippen LogP contribution in [-0.4, -0.2) is 37.8 Å². The molecule has 2 atom stereocenters. The number of nitrogens with zero attached hydrogens (tertiary/aromatic N) is 2. The molecule has 3 heterocycles. The quantitative estimate of drug-likeness (QED) is 0.801. The highest BCUT2D eigenvalue weighted by Crippen LogP contribution is 2.35. The number of fused-ring (bicyclic) bond motifs is 1. The van der Waals surface area contributed by atoms with E-state index in [0.29, 0.717) is 6.04 Å². The van der Waals surface area contributed by atoms with E-state index in [9.17, 15) is 0 Å². The highest BCUT2D eigenvalue weighted by Gasteiger charge is 2.40. The average Bonchev–Trinajstić information content (AvgIpc) is 2.31. The molecule has 1 unspecified atom stereocenters. The molecule has 0 bridgehead atoms. The van der Waals surface area contributed by atoms with Crippen molar-refractivity contribution in [1.82, 2.24) is 10.3 Å². The first-order valence-corrected chi connectivity index (χ1v) is 5.85. The van der Waals surface area contributed by atoms with Crippen LogP contribution < -0.4 is 15.0 Å². The van der Waals surface area contributed by atoms with E-state index in [1.165, 1.54) is 25.2 Å².